The minimum absolute atomic E-state index is 0.0936. The Bertz CT molecular complexity index is 718. The van der Waals surface area contributed by atoms with Crippen LogP contribution in [0.2, 0.25) is 0 Å². The molecular weight excluding hydrogens is 294 g/mol. The Balaban J connectivity index is 1.63. The molecule has 1 atom stereocenters. The van der Waals surface area contributed by atoms with Crippen molar-refractivity contribution in [1.82, 2.24) is 14.9 Å². The van der Waals surface area contributed by atoms with Gasteiger partial charge in [0.15, 0.2) is 11.8 Å². The fourth-order valence-electron chi connectivity index (χ4n) is 2.62. The quantitative estimate of drug-likeness (QED) is 0.805. The van der Waals surface area contributed by atoms with Crippen LogP contribution in [0.15, 0.2) is 42.9 Å². The molecule has 0 saturated carbocycles. The number of nitrogens with zero attached hydrogens (tertiary/aromatic N) is 3. The Hall–Kier alpha value is -2.76. The van der Waals surface area contributed by atoms with E-state index in [1.54, 1.807) is 11.8 Å². The van der Waals surface area contributed by atoms with Gasteiger partial charge in [0.1, 0.15) is 0 Å². The van der Waals surface area contributed by atoms with Gasteiger partial charge in [-0.05, 0) is 24.5 Å². The predicted octanol–water partition coefficient (Wildman–Crippen LogP) is 1.61. The molecule has 1 aliphatic heterocycles. The summed E-state index contributed by atoms with van der Waals surface area (Å²) in [6.45, 7) is 2.75. The molecule has 1 aromatic carbocycles. The smallest absolute Gasteiger partial charge is 0.359 e. The van der Waals surface area contributed by atoms with E-state index in [-0.39, 0.29) is 11.6 Å². The minimum atomic E-state index is -0.852. The molecule has 23 heavy (non-hydrogen) atoms. The maximum atomic E-state index is 12.5. The zero-order valence-electron chi connectivity index (χ0n) is 12.8. The van der Waals surface area contributed by atoms with Gasteiger partial charge in [-0.2, -0.15) is 0 Å². The lowest BCUT2D eigenvalue weighted by Crippen LogP contribution is -2.42. The SMILES string of the molecule is C[C@@H](OC(=O)c1cnccn1)C(=O)N1CCc2ccccc2C1. The van der Waals surface area contributed by atoms with Gasteiger partial charge in [0, 0.05) is 25.5 Å². The number of amides is 1. The van der Waals surface area contributed by atoms with E-state index < -0.39 is 12.1 Å². The topological polar surface area (TPSA) is 72.4 Å². The third-order valence-electron chi connectivity index (χ3n) is 3.85. The molecule has 0 aliphatic carbocycles. The second-order valence-corrected chi connectivity index (χ2v) is 5.42. The van der Waals surface area contributed by atoms with Crippen molar-refractivity contribution in [2.24, 2.45) is 0 Å². The van der Waals surface area contributed by atoms with E-state index in [0.717, 1.165) is 12.0 Å². The number of esters is 1. The average Bonchev–Trinajstić information content (AvgIpc) is 2.61. The second-order valence-electron chi connectivity index (χ2n) is 5.42. The van der Waals surface area contributed by atoms with Crippen LogP contribution >= 0.6 is 0 Å². The molecule has 0 unspecified atom stereocenters. The number of aromatic nitrogens is 2. The van der Waals surface area contributed by atoms with Crippen LogP contribution in [0.25, 0.3) is 0 Å². The normalized spacial score (nSPS) is 14.7. The van der Waals surface area contributed by atoms with E-state index in [0.29, 0.717) is 13.1 Å². The Labute approximate surface area is 134 Å². The maximum Gasteiger partial charge on any atom is 0.359 e. The van der Waals surface area contributed by atoms with Gasteiger partial charge in [-0.15, -0.1) is 0 Å². The van der Waals surface area contributed by atoms with Crippen LogP contribution in [0, 0.1) is 0 Å². The van der Waals surface area contributed by atoms with E-state index in [1.807, 2.05) is 18.2 Å². The molecule has 118 valence electrons. The summed E-state index contributed by atoms with van der Waals surface area (Å²) in [4.78, 5) is 33.8. The molecule has 0 N–H and O–H groups in total. The lowest BCUT2D eigenvalue weighted by Gasteiger charge is -2.30. The highest BCUT2D eigenvalue weighted by Gasteiger charge is 2.27. The van der Waals surface area contributed by atoms with Crippen LogP contribution in [0.3, 0.4) is 0 Å². The van der Waals surface area contributed by atoms with Crippen molar-refractivity contribution < 1.29 is 14.3 Å². The van der Waals surface area contributed by atoms with Gasteiger partial charge in [-0.25, -0.2) is 9.78 Å². The highest BCUT2D eigenvalue weighted by atomic mass is 16.5. The molecule has 6 heteroatoms. The van der Waals surface area contributed by atoms with Crippen molar-refractivity contribution in [2.45, 2.75) is 26.0 Å². The van der Waals surface area contributed by atoms with E-state index in [1.165, 1.54) is 24.2 Å². The first kappa shape index (κ1) is 15.1. The summed E-state index contributed by atoms with van der Waals surface area (Å²) in [5.41, 5.74) is 2.50. The maximum absolute atomic E-state index is 12.5. The van der Waals surface area contributed by atoms with Crippen molar-refractivity contribution in [3.8, 4) is 0 Å². The van der Waals surface area contributed by atoms with Crippen LogP contribution in [0.1, 0.15) is 28.5 Å². The Morgan fingerprint density at radius 1 is 1.22 bits per heavy atom. The number of fused-ring (bicyclic) bond motifs is 1. The third-order valence-corrected chi connectivity index (χ3v) is 3.85. The lowest BCUT2D eigenvalue weighted by atomic mass is 9.99. The number of hydrogen-bond acceptors (Lipinski definition) is 5. The summed E-state index contributed by atoms with van der Waals surface area (Å²) < 4.78 is 5.21. The molecule has 2 heterocycles. The van der Waals surface area contributed by atoms with Crippen LogP contribution < -0.4 is 0 Å². The first-order chi connectivity index (χ1) is 11.1. The highest BCUT2D eigenvalue weighted by Crippen LogP contribution is 2.19. The molecule has 0 fully saturated rings. The van der Waals surface area contributed by atoms with Crippen molar-refractivity contribution >= 4 is 11.9 Å². The minimum Gasteiger partial charge on any atom is -0.448 e. The Morgan fingerprint density at radius 2 is 2.00 bits per heavy atom. The summed E-state index contributed by atoms with van der Waals surface area (Å²) in [6, 6.07) is 8.06. The van der Waals surface area contributed by atoms with E-state index in [2.05, 4.69) is 16.0 Å². The second kappa shape index (κ2) is 6.56. The van der Waals surface area contributed by atoms with Gasteiger partial charge in [-0.3, -0.25) is 9.78 Å². The first-order valence-corrected chi connectivity index (χ1v) is 7.47. The molecule has 1 aromatic heterocycles. The summed E-state index contributed by atoms with van der Waals surface area (Å²) in [7, 11) is 0. The van der Waals surface area contributed by atoms with Crippen LogP contribution in [0.5, 0.6) is 0 Å². The number of carbonyl (C=O) groups excluding carboxylic acids is 2. The summed E-state index contributed by atoms with van der Waals surface area (Å²) in [5.74, 6) is -0.840. The standard InChI is InChI=1S/C17H17N3O3/c1-12(23-17(22)15-10-18-7-8-19-15)16(21)20-9-6-13-4-2-3-5-14(13)11-20/h2-5,7-8,10,12H,6,9,11H2,1H3/t12-/m1/s1. The van der Waals surface area contributed by atoms with Crippen molar-refractivity contribution in [3.63, 3.8) is 0 Å². The molecule has 0 spiro atoms. The van der Waals surface area contributed by atoms with Gasteiger partial charge >= 0.3 is 5.97 Å². The number of benzene rings is 1. The van der Waals surface area contributed by atoms with Crippen molar-refractivity contribution in [1.29, 1.82) is 0 Å². The molecule has 6 nitrogen and oxygen atoms in total. The molecule has 2 aromatic rings. The van der Waals surface area contributed by atoms with Gasteiger partial charge in [0.05, 0.1) is 6.20 Å². The number of rotatable bonds is 3. The predicted molar refractivity (Wildman–Crippen MR) is 82.5 cm³/mol. The molecule has 0 saturated heterocycles. The van der Waals surface area contributed by atoms with Gasteiger partial charge < -0.3 is 9.64 Å². The molecule has 0 radical (unpaired) electrons. The first-order valence-electron chi connectivity index (χ1n) is 7.47. The monoisotopic (exact) mass is 311 g/mol. The van der Waals surface area contributed by atoms with Gasteiger partial charge in [0.2, 0.25) is 0 Å². The number of carbonyl (C=O) groups is 2. The molecule has 3 rings (SSSR count). The number of hydrogen-bond donors (Lipinski definition) is 0. The Kier molecular flexibility index (Phi) is 4.32. The molecular formula is C17H17N3O3. The van der Waals surface area contributed by atoms with Crippen molar-refractivity contribution in [2.75, 3.05) is 6.54 Å². The Morgan fingerprint density at radius 3 is 2.74 bits per heavy atom. The summed E-state index contributed by atoms with van der Waals surface area (Å²) >= 11 is 0. The van der Waals surface area contributed by atoms with E-state index >= 15 is 0 Å². The van der Waals surface area contributed by atoms with Crippen molar-refractivity contribution in [3.05, 3.63) is 59.7 Å². The zero-order valence-corrected chi connectivity index (χ0v) is 12.8. The molecule has 0 bridgehead atoms. The molecule has 1 amide bonds. The van der Waals surface area contributed by atoms with Gasteiger partial charge in [0.25, 0.3) is 5.91 Å². The van der Waals surface area contributed by atoms with Crippen LogP contribution in [-0.4, -0.2) is 39.4 Å². The van der Waals surface area contributed by atoms with E-state index in [4.69, 9.17) is 4.74 Å². The largest absolute Gasteiger partial charge is 0.448 e. The zero-order chi connectivity index (χ0) is 16.2. The fourth-order valence-corrected chi connectivity index (χ4v) is 2.62. The fraction of sp³-hybridized carbons (Fsp3) is 0.294. The lowest BCUT2D eigenvalue weighted by molar-refractivity contribution is -0.140. The third kappa shape index (κ3) is 3.36. The summed E-state index contributed by atoms with van der Waals surface area (Å²) in [5, 5.41) is 0. The number of ether oxygens (including phenoxy) is 1. The van der Waals surface area contributed by atoms with Gasteiger partial charge in [-0.1, -0.05) is 24.3 Å². The van der Waals surface area contributed by atoms with Crippen LogP contribution in [-0.2, 0) is 22.5 Å². The highest BCUT2D eigenvalue weighted by molar-refractivity contribution is 5.90. The van der Waals surface area contributed by atoms with E-state index in [9.17, 15) is 9.59 Å². The average molecular weight is 311 g/mol. The molecule has 1 aliphatic rings. The van der Waals surface area contributed by atoms with Crippen LogP contribution in [0.4, 0.5) is 0 Å². The summed E-state index contributed by atoms with van der Waals surface area (Å²) in [6.07, 6.45) is 4.15.